The second-order valence-electron chi connectivity index (χ2n) is 5.48. The SMILES string of the molecule is O=C1CCCCCCC(=O)OCCCCCCCCO1. The Kier molecular flexibility index (Phi) is 9.98. The minimum atomic E-state index is -0.0782. The van der Waals surface area contributed by atoms with E-state index in [4.69, 9.17) is 9.47 Å². The largest absolute Gasteiger partial charge is 0.466 e. The number of carbonyl (C=O) groups is 2. The van der Waals surface area contributed by atoms with Crippen molar-refractivity contribution in [3.8, 4) is 0 Å². The van der Waals surface area contributed by atoms with Crippen LogP contribution in [0.2, 0.25) is 0 Å². The highest BCUT2D eigenvalue weighted by atomic mass is 16.5. The first-order chi connectivity index (χ1) is 9.79. The molecule has 0 aromatic heterocycles. The van der Waals surface area contributed by atoms with Crippen molar-refractivity contribution in [2.24, 2.45) is 0 Å². The maximum absolute atomic E-state index is 11.4. The van der Waals surface area contributed by atoms with Crippen molar-refractivity contribution in [3.05, 3.63) is 0 Å². The van der Waals surface area contributed by atoms with Crippen LogP contribution in [0.1, 0.15) is 77.0 Å². The summed E-state index contributed by atoms with van der Waals surface area (Å²) in [6.45, 7) is 1.13. The van der Waals surface area contributed by atoms with E-state index in [2.05, 4.69) is 0 Å². The van der Waals surface area contributed by atoms with E-state index in [9.17, 15) is 9.59 Å². The van der Waals surface area contributed by atoms with Crippen molar-refractivity contribution >= 4 is 11.9 Å². The molecule has 1 aliphatic rings. The van der Waals surface area contributed by atoms with Crippen molar-refractivity contribution in [3.63, 3.8) is 0 Å². The van der Waals surface area contributed by atoms with Crippen LogP contribution in [0.25, 0.3) is 0 Å². The number of ether oxygens (including phenoxy) is 2. The number of cyclic esters (lactones) is 2. The maximum Gasteiger partial charge on any atom is 0.305 e. The minimum Gasteiger partial charge on any atom is -0.466 e. The highest BCUT2D eigenvalue weighted by molar-refractivity contribution is 5.69. The lowest BCUT2D eigenvalue weighted by Gasteiger charge is -2.07. The molecule has 0 unspecified atom stereocenters. The zero-order valence-corrected chi connectivity index (χ0v) is 12.5. The smallest absolute Gasteiger partial charge is 0.305 e. The number of hydrogen-bond donors (Lipinski definition) is 0. The van der Waals surface area contributed by atoms with E-state index >= 15 is 0 Å². The van der Waals surface area contributed by atoms with Crippen LogP contribution in [-0.2, 0) is 19.1 Å². The summed E-state index contributed by atoms with van der Waals surface area (Å²) in [4.78, 5) is 22.9. The van der Waals surface area contributed by atoms with Gasteiger partial charge in [0.25, 0.3) is 0 Å². The lowest BCUT2D eigenvalue weighted by Crippen LogP contribution is -2.07. The highest BCUT2D eigenvalue weighted by Gasteiger charge is 2.05. The molecule has 0 saturated carbocycles. The van der Waals surface area contributed by atoms with Gasteiger partial charge in [-0.15, -0.1) is 0 Å². The fraction of sp³-hybridized carbons (Fsp3) is 0.875. The molecule has 0 aliphatic carbocycles. The molecule has 0 bridgehead atoms. The average Bonchev–Trinajstić information content (AvgIpc) is 2.43. The van der Waals surface area contributed by atoms with E-state index in [1.807, 2.05) is 0 Å². The first-order valence-corrected chi connectivity index (χ1v) is 8.10. The summed E-state index contributed by atoms with van der Waals surface area (Å²) in [5.74, 6) is -0.156. The molecule has 1 rings (SSSR count). The number of esters is 2. The molecule has 0 spiro atoms. The first-order valence-electron chi connectivity index (χ1n) is 8.10. The van der Waals surface area contributed by atoms with Gasteiger partial charge in [0.05, 0.1) is 13.2 Å². The van der Waals surface area contributed by atoms with E-state index in [1.54, 1.807) is 0 Å². The summed E-state index contributed by atoms with van der Waals surface area (Å²) >= 11 is 0. The van der Waals surface area contributed by atoms with Gasteiger partial charge in [0.2, 0.25) is 0 Å². The summed E-state index contributed by atoms with van der Waals surface area (Å²) in [6.07, 6.45) is 11.1. The summed E-state index contributed by atoms with van der Waals surface area (Å²) < 4.78 is 10.4. The number of carbonyl (C=O) groups excluding carboxylic acids is 2. The van der Waals surface area contributed by atoms with Gasteiger partial charge in [-0.05, 0) is 25.7 Å². The highest BCUT2D eigenvalue weighted by Crippen LogP contribution is 2.10. The third-order valence-corrected chi connectivity index (χ3v) is 3.58. The fourth-order valence-corrected chi connectivity index (χ4v) is 2.32. The zero-order valence-electron chi connectivity index (χ0n) is 12.5. The van der Waals surface area contributed by atoms with Crippen molar-refractivity contribution in [2.75, 3.05) is 13.2 Å². The van der Waals surface area contributed by atoms with Crippen LogP contribution in [0.4, 0.5) is 0 Å². The molecule has 116 valence electrons. The molecule has 0 aromatic carbocycles. The quantitative estimate of drug-likeness (QED) is 0.635. The van der Waals surface area contributed by atoms with Crippen LogP contribution in [0.3, 0.4) is 0 Å². The Morgan fingerprint density at radius 2 is 0.850 bits per heavy atom. The summed E-state index contributed by atoms with van der Waals surface area (Å²) in [5, 5.41) is 0. The first kappa shape index (κ1) is 17.0. The topological polar surface area (TPSA) is 52.6 Å². The fourth-order valence-electron chi connectivity index (χ4n) is 2.32. The molecule has 0 N–H and O–H groups in total. The molecule has 1 fully saturated rings. The molecule has 1 saturated heterocycles. The minimum absolute atomic E-state index is 0.0782. The molecule has 0 radical (unpaired) electrons. The van der Waals surface area contributed by atoms with E-state index in [0.717, 1.165) is 64.2 Å². The van der Waals surface area contributed by atoms with Gasteiger partial charge in [0, 0.05) is 12.8 Å². The lowest BCUT2D eigenvalue weighted by molar-refractivity contribution is -0.145. The van der Waals surface area contributed by atoms with Gasteiger partial charge < -0.3 is 9.47 Å². The molecule has 0 aromatic rings. The second kappa shape index (κ2) is 11.7. The van der Waals surface area contributed by atoms with Crippen molar-refractivity contribution < 1.29 is 19.1 Å². The normalized spacial score (nSPS) is 22.2. The Bertz CT molecular complexity index is 248. The Morgan fingerprint density at radius 3 is 1.30 bits per heavy atom. The summed E-state index contributed by atoms with van der Waals surface area (Å²) in [5.41, 5.74) is 0. The van der Waals surface area contributed by atoms with E-state index in [0.29, 0.717) is 26.1 Å². The van der Waals surface area contributed by atoms with E-state index < -0.39 is 0 Å². The Labute approximate surface area is 122 Å². The lowest BCUT2D eigenvalue weighted by atomic mass is 10.1. The predicted octanol–water partition coefficient (Wildman–Crippen LogP) is 3.77. The van der Waals surface area contributed by atoms with Crippen LogP contribution in [-0.4, -0.2) is 25.2 Å². The van der Waals surface area contributed by atoms with Gasteiger partial charge in [0.15, 0.2) is 0 Å². The van der Waals surface area contributed by atoms with E-state index in [1.165, 1.54) is 0 Å². The second-order valence-corrected chi connectivity index (χ2v) is 5.48. The Hall–Kier alpha value is -1.06. The molecular formula is C16H28O4. The van der Waals surface area contributed by atoms with Gasteiger partial charge in [0.1, 0.15) is 0 Å². The summed E-state index contributed by atoms with van der Waals surface area (Å²) in [6, 6.07) is 0. The van der Waals surface area contributed by atoms with Crippen molar-refractivity contribution in [1.29, 1.82) is 0 Å². The molecular weight excluding hydrogens is 256 g/mol. The number of hydrogen-bond acceptors (Lipinski definition) is 4. The third kappa shape index (κ3) is 9.82. The standard InChI is InChI=1S/C16H28O4/c17-15-11-7-3-4-8-12-16(18)20-14-10-6-2-1-5-9-13-19-15/h1-14H2. The van der Waals surface area contributed by atoms with Crippen LogP contribution in [0.5, 0.6) is 0 Å². The van der Waals surface area contributed by atoms with Gasteiger partial charge in [-0.2, -0.15) is 0 Å². The molecule has 20 heavy (non-hydrogen) atoms. The van der Waals surface area contributed by atoms with Gasteiger partial charge in [-0.1, -0.05) is 38.5 Å². The van der Waals surface area contributed by atoms with Crippen molar-refractivity contribution in [2.45, 2.75) is 77.0 Å². The molecule has 4 nitrogen and oxygen atoms in total. The Balaban J connectivity index is 2.19. The summed E-state index contributed by atoms with van der Waals surface area (Å²) in [7, 11) is 0. The van der Waals surface area contributed by atoms with Gasteiger partial charge in [-0.25, -0.2) is 0 Å². The predicted molar refractivity (Wildman–Crippen MR) is 77.3 cm³/mol. The van der Waals surface area contributed by atoms with Gasteiger partial charge >= 0.3 is 11.9 Å². The maximum atomic E-state index is 11.4. The van der Waals surface area contributed by atoms with Crippen LogP contribution >= 0.6 is 0 Å². The molecule has 0 amide bonds. The third-order valence-electron chi connectivity index (χ3n) is 3.58. The molecule has 1 aliphatic heterocycles. The van der Waals surface area contributed by atoms with E-state index in [-0.39, 0.29) is 11.9 Å². The van der Waals surface area contributed by atoms with Crippen LogP contribution < -0.4 is 0 Å². The average molecular weight is 284 g/mol. The number of rotatable bonds is 0. The van der Waals surface area contributed by atoms with Crippen LogP contribution in [0, 0.1) is 0 Å². The van der Waals surface area contributed by atoms with Crippen LogP contribution in [0.15, 0.2) is 0 Å². The molecule has 4 heteroatoms. The Morgan fingerprint density at radius 1 is 0.500 bits per heavy atom. The monoisotopic (exact) mass is 284 g/mol. The zero-order chi connectivity index (χ0) is 14.5. The van der Waals surface area contributed by atoms with Gasteiger partial charge in [-0.3, -0.25) is 9.59 Å². The molecule has 1 heterocycles. The molecule has 0 atom stereocenters. The van der Waals surface area contributed by atoms with Crippen molar-refractivity contribution in [1.82, 2.24) is 0 Å².